The Morgan fingerprint density at radius 1 is 0.757 bits per heavy atom. The molecule has 5 rings (SSSR count). The topological polar surface area (TPSA) is 87.7 Å². The lowest BCUT2D eigenvalue weighted by atomic mass is 9.82. The van der Waals surface area contributed by atoms with Crippen molar-refractivity contribution in [1.82, 2.24) is 10.2 Å². The molecule has 0 saturated carbocycles. The molecule has 4 aromatic rings. The van der Waals surface area contributed by atoms with Crippen molar-refractivity contribution in [2.24, 2.45) is 0 Å². The third kappa shape index (κ3) is 4.92. The number of carbonyl (C=O) groups is 3. The Hall–Kier alpha value is -4.91. The van der Waals surface area contributed by atoms with E-state index in [9.17, 15) is 14.4 Å². The van der Waals surface area contributed by atoms with Crippen LogP contribution in [0.3, 0.4) is 0 Å². The molecular weight excluding hydrogens is 466 g/mol. The third-order valence-corrected chi connectivity index (χ3v) is 6.21. The van der Waals surface area contributed by atoms with Gasteiger partial charge in [0.1, 0.15) is 18.9 Å². The number of urea groups is 1. The molecule has 7 nitrogen and oxygen atoms in total. The van der Waals surface area contributed by atoms with Crippen LogP contribution in [0.25, 0.3) is 0 Å². The second-order valence-electron chi connectivity index (χ2n) is 8.65. The van der Waals surface area contributed by atoms with Crippen molar-refractivity contribution in [3.63, 3.8) is 0 Å². The quantitative estimate of drug-likeness (QED) is 0.350. The second kappa shape index (κ2) is 10.4. The average molecular weight is 492 g/mol. The minimum atomic E-state index is -1.41. The number of rotatable bonds is 8. The van der Waals surface area contributed by atoms with Gasteiger partial charge >= 0.3 is 6.03 Å². The summed E-state index contributed by atoms with van der Waals surface area (Å²) in [5, 5.41) is 5.59. The van der Waals surface area contributed by atoms with Crippen LogP contribution in [0, 0.1) is 0 Å². The first kappa shape index (κ1) is 23.8. The molecule has 0 spiro atoms. The molecule has 4 amide bonds. The Balaban J connectivity index is 1.27. The van der Waals surface area contributed by atoms with Gasteiger partial charge in [-0.2, -0.15) is 0 Å². The summed E-state index contributed by atoms with van der Waals surface area (Å²) in [4.78, 5) is 40.4. The number of nitrogens with one attached hydrogen (secondary N) is 2. The highest BCUT2D eigenvalue weighted by Crippen LogP contribution is 2.35. The van der Waals surface area contributed by atoms with E-state index in [-0.39, 0.29) is 0 Å². The first-order valence-electron chi connectivity index (χ1n) is 11.9. The van der Waals surface area contributed by atoms with Crippen LogP contribution in [0.4, 0.5) is 10.5 Å². The monoisotopic (exact) mass is 491 g/mol. The van der Waals surface area contributed by atoms with Gasteiger partial charge in [-0.3, -0.25) is 14.5 Å². The van der Waals surface area contributed by atoms with Crippen molar-refractivity contribution < 1.29 is 19.1 Å². The fraction of sp³-hybridized carbons (Fsp3) is 0.100. The molecule has 184 valence electrons. The SMILES string of the molecule is O=C(CN1C(=O)NC(c2ccccc2)(c2ccccc2)C1=O)Nc1ccc(OCc2ccccc2)cc1. The van der Waals surface area contributed by atoms with Gasteiger partial charge in [-0.05, 0) is 41.0 Å². The zero-order chi connectivity index (χ0) is 25.7. The number of benzene rings is 4. The number of amides is 4. The summed E-state index contributed by atoms with van der Waals surface area (Å²) in [5.41, 5.74) is 1.41. The van der Waals surface area contributed by atoms with Gasteiger partial charge in [0.25, 0.3) is 5.91 Å². The van der Waals surface area contributed by atoms with E-state index in [4.69, 9.17) is 4.74 Å². The summed E-state index contributed by atoms with van der Waals surface area (Å²) in [6.45, 7) is 0.0155. The summed E-state index contributed by atoms with van der Waals surface area (Å²) in [5.74, 6) is -0.334. The van der Waals surface area contributed by atoms with Gasteiger partial charge in [-0.25, -0.2) is 4.79 Å². The Morgan fingerprint density at radius 3 is 1.86 bits per heavy atom. The van der Waals surface area contributed by atoms with Crippen LogP contribution in [0.1, 0.15) is 16.7 Å². The molecule has 0 aromatic heterocycles. The van der Waals surface area contributed by atoms with E-state index < -0.39 is 29.9 Å². The highest BCUT2D eigenvalue weighted by Gasteiger charge is 2.54. The fourth-order valence-electron chi connectivity index (χ4n) is 4.37. The maximum atomic E-state index is 13.7. The number of anilines is 1. The summed E-state index contributed by atoms with van der Waals surface area (Å²) in [7, 11) is 0. The maximum absolute atomic E-state index is 13.7. The normalized spacial score (nSPS) is 14.2. The van der Waals surface area contributed by atoms with Gasteiger partial charge < -0.3 is 15.4 Å². The molecule has 2 N–H and O–H groups in total. The van der Waals surface area contributed by atoms with E-state index in [2.05, 4.69) is 10.6 Å². The van der Waals surface area contributed by atoms with Crippen LogP contribution >= 0.6 is 0 Å². The van der Waals surface area contributed by atoms with E-state index in [1.807, 2.05) is 66.7 Å². The first-order chi connectivity index (χ1) is 18.1. The van der Waals surface area contributed by atoms with Crippen molar-refractivity contribution in [3.8, 4) is 5.75 Å². The largest absolute Gasteiger partial charge is 0.489 e. The minimum Gasteiger partial charge on any atom is -0.489 e. The fourth-order valence-corrected chi connectivity index (χ4v) is 4.37. The van der Waals surface area contributed by atoms with Gasteiger partial charge in [-0.15, -0.1) is 0 Å². The van der Waals surface area contributed by atoms with Crippen LogP contribution < -0.4 is 15.4 Å². The molecule has 37 heavy (non-hydrogen) atoms. The Kier molecular flexibility index (Phi) is 6.68. The van der Waals surface area contributed by atoms with Gasteiger partial charge in [0.15, 0.2) is 5.54 Å². The molecule has 7 heteroatoms. The molecule has 0 bridgehead atoms. The van der Waals surface area contributed by atoms with E-state index >= 15 is 0 Å². The second-order valence-corrected chi connectivity index (χ2v) is 8.65. The van der Waals surface area contributed by atoms with Crippen LogP contribution in [0.5, 0.6) is 5.75 Å². The van der Waals surface area contributed by atoms with Crippen molar-refractivity contribution in [2.75, 3.05) is 11.9 Å². The van der Waals surface area contributed by atoms with Crippen LogP contribution in [0.2, 0.25) is 0 Å². The van der Waals surface area contributed by atoms with E-state index in [0.29, 0.717) is 29.2 Å². The molecule has 0 radical (unpaired) electrons. The molecule has 0 aliphatic carbocycles. The number of imide groups is 1. The number of carbonyl (C=O) groups excluding carboxylic acids is 3. The zero-order valence-electron chi connectivity index (χ0n) is 20.0. The number of hydrogen-bond donors (Lipinski definition) is 2. The van der Waals surface area contributed by atoms with Crippen molar-refractivity contribution in [3.05, 3.63) is 132 Å². The number of hydrogen-bond acceptors (Lipinski definition) is 4. The van der Waals surface area contributed by atoms with Gasteiger partial charge in [-0.1, -0.05) is 91.0 Å². The lowest BCUT2D eigenvalue weighted by Crippen LogP contribution is -2.45. The third-order valence-electron chi connectivity index (χ3n) is 6.21. The summed E-state index contributed by atoms with van der Waals surface area (Å²) in [6.07, 6.45) is 0. The van der Waals surface area contributed by atoms with Gasteiger partial charge in [0, 0.05) is 5.69 Å². The van der Waals surface area contributed by atoms with Crippen molar-refractivity contribution >= 4 is 23.5 Å². The smallest absolute Gasteiger partial charge is 0.326 e. The van der Waals surface area contributed by atoms with Crippen LogP contribution in [0.15, 0.2) is 115 Å². The van der Waals surface area contributed by atoms with Crippen molar-refractivity contribution in [2.45, 2.75) is 12.1 Å². The van der Waals surface area contributed by atoms with Crippen LogP contribution in [-0.4, -0.2) is 29.3 Å². The van der Waals surface area contributed by atoms with Crippen LogP contribution in [-0.2, 0) is 21.7 Å². The summed E-state index contributed by atoms with van der Waals surface area (Å²) < 4.78 is 5.78. The average Bonchev–Trinajstić information content (AvgIpc) is 3.20. The first-order valence-corrected chi connectivity index (χ1v) is 11.9. The van der Waals surface area contributed by atoms with E-state index in [0.717, 1.165) is 10.5 Å². The molecule has 1 heterocycles. The van der Waals surface area contributed by atoms with E-state index in [1.54, 1.807) is 48.5 Å². The molecular formula is C30H25N3O4. The summed E-state index contributed by atoms with van der Waals surface area (Å²) in [6, 6.07) is 34.2. The highest BCUT2D eigenvalue weighted by molar-refractivity contribution is 6.12. The van der Waals surface area contributed by atoms with E-state index in [1.165, 1.54) is 0 Å². The molecule has 0 atom stereocenters. The molecule has 4 aromatic carbocycles. The van der Waals surface area contributed by atoms with Gasteiger partial charge in [0.05, 0.1) is 0 Å². The highest BCUT2D eigenvalue weighted by atomic mass is 16.5. The summed E-state index contributed by atoms with van der Waals surface area (Å²) >= 11 is 0. The Labute approximate surface area is 214 Å². The standard InChI is InChI=1S/C30H25N3O4/c34-27(31-25-16-18-26(19-17-25)37-21-22-10-4-1-5-11-22)20-33-28(35)30(32-29(33)36,23-12-6-2-7-13-23)24-14-8-3-9-15-24/h1-19H,20-21H2,(H,31,34)(H,32,36). The lowest BCUT2D eigenvalue weighted by molar-refractivity contribution is -0.133. The molecule has 0 unspecified atom stereocenters. The maximum Gasteiger partial charge on any atom is 0.326 e. The Morgan fingerprint density at radius 2 is 1.30 bits per heavy atom. The molecule has 1 saturated heterocycles. The zero-order valence-corrected chi connectivity index (χ0v) is 20.0. The van der Waals surface area contributed by atoms with Gasteiger partial charge in [0.2, 0.25) is 5.91 Å². The molecule has 1 aliphatic rings. The predicted octanol–water partition coefficient (Wildman–Crippen LogP) is 4.70. The number of nitrogens with zero attached hydrogens (tertiary/aromatic N) is 1. The lowest BCUT2D eigenvalue weighted by Gasteiger charge is -2.28. The Bertz CT molecular complexity index is 1350. The van der Waals surface area contributed by atoms with Crippen molar-refractivity contribution in [1.29, 1.82) is 0 Å². The molecule has 1 aliphatic heterocycles. The number of ether oxygens (including phenoxy) is 1. The molecule has 1 fully saturated rings. The minimum absolute atomic E-state index is 0.418. The predicted molar refractivity (Wildman–Crippen MR) is 140 cm³/mol.